The normalized spacial score (nSPS) is 26.0. The fraction of sp³-hybridized carbons (Fsp3) is 0.536. The van der Waals surface area contributed by atoms with Crippen molar-refractivity contribution in [3.05, 3.63) is 48.5 Å². The molecule has 2 amide bonds. The minimum atomic E-state index is -0.111. The molecule has 4 aliphatic rings. The highest BCUT2D eigenvalue weighted by atomic mass is 32.2. The summed E-state index contributed by atoms with van der Waals surface area (Å²) < 4.78 is 5.57. The Morgan fingerprint density at radius 3 is 2.67 bits per heavy atom. The summed E-state index contributed by atoms with van der Waals surface area (Å²) in [4.78, 5) is 21.4. The second-order valence-corrected chi connectivity index (χ2v) is 11.1. The Balaban J connectivity index is 1.07. The zero-order chi connectivity index (χ0) is 24.9. The molecule has 6 rings (SSSR count). The van der Waals surface area contributed by atoms with Crippen LogP contribution in [0.3, 0.4) is 0 Å². The van der Waals surface area contributed by atoms with E-state index in [4.69, 9.17) is 4.74 Å². The van der Waals surface area contributed by atoms with Gasteiger partial charge in [-0.2, -0.15) is 0 Å². The third kappa shape index (κ3) is 5.93. The molecule has 2 aromatic rings. The van der Waals surface area contributed by atoms with Crippen molar-refractivity contribution in [2.75, 3.05) is 75.9 Å². The van der Waals surface area contributed by atoms with Crippen LogP contribution in [0.4, 0.5) is 16.2 Å². The molecular weight excluding hydrogens is 470 g/mol. The van der Waals surface area contributed by atoms with Gasteiger partial charge in [0.05, 0.1) is 12.8 Å². The van der Waals surface area contributed by atoms with Crippen LogP contribution in [0.2, 0.25) is 0 Å². The maximum Gasteiger partial charge on any atom is 0.319 e. The first-order valence-electron chi connectivity index (χ1n) is 13.2. The molecule has 8 heteroatoms. The second kappa shape index (κ2) is 11.8. The third-order valence-electron chi connectivity index (χ3n) is 8.13. The zero-order valence-electron chi connectivity index (χ0n) is 21.5. The number of piperazine rings is 1. The summed E-state index contributed by atoms with van der Waals surface area (Å²) in [5.74, 6) is 2.46. The van der Waals surface area contributed by atoms with Crippen molar-refractivity contribution in [3.8, 4) is 5.75 Å². The maximum atomic E-state index is 12.5. The van der Waals surface area contributed by atoms with Crippen molar-refractivity contribution >= 4 is 29.2 Å². The van der Waals surface area contributed by atoms with Gasteiger partial charge in [-0.3, -0.25) is 9.80 Å². The number of anilines is 2. The molecule has 0 spiro atoms. The van der Waals surface area contributed by atoms with Gasteiger partial charge >= 0.3 is 6.03 Å². The quantitative estimate of drug-likeness (QED) is 0.523. The molecule has 2 aromatic carbocycles. The predicted molar refractivity (Wildman–Crippen MR) is 148 cm³/mol. The Labute approximate surface area is 219 Å². The van der Waals surface area contributed by atoms with Crippen LogP contribution in [-0.4, -0.2) is 87.6 Å². The van der Waals surface area contributed by atoms with E-state index in [0.717, 1.165) is 74.0 Å². The number of nitrogens with one attached hydrogen (secondary N) is 2. The van der Waals surface area contributed by atoms with E-state index in [1.54, 1.807) is 18.9 Å². The van der Waals surface area contributed by atoms with Gasteiger partial charge in [0, 0.05) is 62.4 Å². The van der Waals surface area contributed by atoms with Gasteiger partial charge < -0.3 is 20.3 Å². The number of hydrogen-bond acceptors (Lipinski definition) is 6. The molecule has 0 aromatic heterocycles. The number of hydrogen-bond donors (Lipinski definition) is 2. The van der Waals surface area contributed by atoms with Crippen LogP contribution in [0.15, 0.2) is 53.4 Å². The van der Waals surface area contributed by atoms with Crippen LogP contribution in [-0.2, 0) is 0 Å². The molecule has 0 radical (unpaired) electrons. The van der Waals surface area contributed by atoms with Gasteiger partial charge in [0.25, 0.3) is 0 Å². The number of carbonyl (C=O) groups is 1. The van der Waals surface area contributed by atoms with E-state index in [1.165, 1.54) is 25.1 Å². The van der Waals surface area contributed by atoms with E-state index in [2.05, 4.69) is 43.5 Å². The minimum Gasteiger partial charge on any atom is -0.495 e. The molecule has 4 unspecified atom stereocenters. The molecule has 194 valence electrons. The van der Waals surface area contributed by atoms with E-state index < -0.39 is 0 Å². The molecule has 4 heterocycles. The van der Waals surface area contributed by atoms with Crippen molar-refractivity contribution < 1.29 is 9.53 Å². The number of piperidine rings is 3. The number of urea groups is 1. The van der Waals surface area contributed by atoms with Crippen molar-refractivity contribution in [1.82, 2.24) is 15.1 Å². The number of thioether (sulfide) groups is 1. The van der Waals surface area contributed by atoms with Gasteiger partial charge in [0.2, 0.25) is 0 Å². The van der Waals surface area contributed by atoms with Crippen molar-refractivity contribution in [1.29, 1.82) is 0 Å². The lowest BCUT2D eigenvalue weighted by Crippen LogP contribution is -2.59. The summed E-state index contributed by atoms with van der Waals surface area (Å²) in [7, 11) is 1.75. The topological polar surface area (TPSA) is 60.1 Å². The number of methoxy groups -OCH3 is 1. The van der Waals surface area contributed by atoms with Crippen LogP contribution in [0.1, 0.15) is 12.8 Å². The SMILES string of the molecule is COc1ccccc1N1CCN(CC2CN3CCC2CC3CNC(=O)Nc2cccc(SC)c2)CC1. The molecule has 4 saturated heterocycles. The van der Waals surface area contributed by atoms with E-state index in [9.17, 15) is 4.79 Å². The molecule has 2 bridgehead atoms. The molecular formula is C28H39N5O2S. The van der Waals surface area contributed by atoms with Gasteiger partial charge in [-0.25, -0.2) is 4.79 Å². The highest BCUT2D eigenvalue weighted by Gasteiger charge is 2.40. The Kier molecular flexibility index (Phi) is 8.24. The largest absolute Gasteiger partial charge is 0.495 e. The Bertz CT molecular complexity index is 1030. The average Bonchev–Trinajstić information content (AvgIpc) is 2.93. The van der Waals surface area contributed by atoms with Crippen molar-refractivity contribution in [3.63, 3.8) is 0 Å². The van der Waals surface area contributed by atoms with Gasteiger partial charge in [-0.1, -0.05) is 18.2 Å². The molecule has 2 N–H and O–H groups in total. The summed E-state index contributed by atoms with van der Waals surface area (Å²) in [6.07, 6.45) is 4.52. The highest BCUT2D eigenvalue weighted by molar-refractivity contribution is 7.98. The van der Waals surface area contributed by atoms with Gasteiger partial charge in [0.15, 0.2) is 0 Å². The number of nitrogens with zero attached hydrogens (tertiary/aromatic N) is 3. The lowest BCUT2D eigenvalue weighted by Gasteiger charge is -2.51. The van der Waals surface area contributed by atoms with Crippen LogP contribution in [0, 0.1) is 11.8 Å². The van der Waals surface area contributed by atoms with Crippen molar-refractivity contribution in [2.24, 2.45) is 11.8 Å². The number of rotatable bonds is 8. The van der Waals surface area contributed by atoms with Crippen LogP contribution >= 0.6 is 11.8 Å². The van der Waals surface area contributed by atoms with Gasteiger partial charge in [0.1, 0.15) is 5.75 Å². The van der Waals surface area contributed by atoms with Crippen LogP contribution < -0.4 is 20.3 Å². The molecule has 4 fully saturated rings. The fourth-order valence-electron chi connectivity index (χ4n) is 6.15. The number of para-hydroxylation sites is 2. The number of fused-ring (bicyclic) bond motifs is 3. The predicted octanol–water partition coefficient (Wildman–Crippen LogP) is 4.07. The van der Waals surface area contributed by atoms with E-state index in [1.807, 2.05) is 36.6 Å². The summed E-state index contributed by atoms with van der Waals surface area (Å²) >= 11 is 1.68. The fourth-order valence-corrected chi connectivity index (χ4v) is 6.61. The third-order valence-corrected chi connectivity index (χ3v) is 8.86. The highest BCUT2D eigenvalue weighted by Crippen LogP contribution is 2.37. The Morgan fingerprint density at radius 1 is 1.08 bits per heavy atom. The zero-order valence-corrected chi connectivity index (χ0v) is 22.3. The first-order chi connectivity index (χ1) is 17.6. The number of ether oxygens (including phenoxy) is 1. The average molecular weight is 510 g/mol. The lowest BCUT2D eigenvalue weighted by atomic mass is 9.75. The maximum absolute atomic E-state index is 12.5. The smallest absolute Gasteiger partial charge is 0.319 e. The number of carbonyl (C=O) groups excluding carboxylic acids is 1. The first-order valence-corrected chi connectivity index (χ1v) is 14.4. The molecule has 36 heavy (non-hydrogen) atoms. The van der Waals surface area contributed by atoms with E-state index >= 15 is 0 Å². The summed E-state index contributed by atoms with van der Waals surface area (Å²) in [6, 6.07) is 16.7. The Hall–Kier alpha value is -2.42. The van der Waals surface area contributed by atoms with Gasteiger partial charge in [-0.05, 0) is 67.8 Å². The minimum absolute atomic E-state index is 0.111. The second-order valence-electron chi connectivity index (χ2n) is 10.2. The number of amides is 2. The summed E-state index contributed by atoms with van der Waals surface area (Å²) in [5, 5.41) is 6.11. The molecule has 0 aliphatic carbocycles. The van der Waals surface area contributed by atoms with E-state index in [-0.39, 0.29) is 6.03 Å². The number of benzene rings is 2. The molecule has 4 atom stereocenters. The molecule has 4 aliphatic heterocycles. The monoisotopic (exact) mass is 509 g/mol. The van der Waals surface area contributed by atoms with Gasteiger partial charge in [-0.15, -0.1) is 11.8 Å². The molecule has 0 saturated carbocycles. The summed E-state index contributed by atoms with van der Waals surface area (Å²) in [6.45, 7) is 8.51. The van der Waals surface area contributed by atoms with Crippen LogP contribution in [0.5, 0.6) is 5.75 Å². The standard InChI is InChI=1S/C28H39N5O2S/c1-35-27-9-4-3-8-26(27)32-14-12-31(13-15-32)19-22-20-33-11-10-21(22)16-24(33)18-29-28(34)30-23-6-5-7-25(17-23)36-2/h3-9,17,21-22,24H,10-16,18-20H2,1-2H3,(H2,29,30,34). The van der Waals surface area contributed by atoms with Crippen molar-refractivity contribution in [2.45, 2.75) is 23.8 Å². The lowest BCUT2D eigenvalue weighted by molar-refractivity contribution is -0.0114. The Morgan fingerprint density at radius 2 is 1.92 bits per heavy atom. The molecule has 7 nitrogen and oxygen atoms in total. The van der Waals surface area contributed by atoms with Crippen LogP contribution in [0.25, 0.3) is 0 Å². The van der Waals surface area contributed by atoms with E-state index in [0.29, 0.717) is 6.04 Å². The summed E-state index contributed by atoms with van der Waals surface area (Å²) in [5.41, 5.74) is 2.05. The first kappa shape index (κ1) is 25.2.